The number of pyridine rings is 1. The minimum atomic E-state index is -0.520. The number of rotatable bonds is 5. The average molecular weight is 298 g/mol. The Hall–Kier alpha value is -2.82. The van der Waals surface area contributed by atoms with Crippen molar-refractivity contribution in [3.8, 4) is 0 Å². The van der Waals surface area contributed by atoms with Gasteiger partial charge in [0.05, 0.1) is 11.3 Å². The van der Waals surface area contributed by atoms with E-state index in [0.29, 0.717) is 17.1 Å². The van der Waals surface area contributed by atoms with Crippen molar-refractivity contribution in [2.75, 3.05) is 10.6 Å². The van der Waals surface area contributed by atoms with Crippen molar-refractivity contribution in [2.24, 2.45) is 5.73 Å². The Morgan fingerprint density at radius 3 is 2.41 bits per heavy atom. The van der Waals surface area contributed by atoms with Crippen molar-refractivity contribution in [1.82, 2.24) is 4.98 Å². The van der Waals surface area contributed by atoms with Gasteiger partial charge in [0.2, 0.25) is 5.91 Å². The van der Waals surface area contributed by atoms with Gasteiger partial charge in [-0.1, -0.05) is 38.6 Å². The molecule has 0 atom stereocenters. The topological polar surface area (TPSA) is 80.0 Å². The minimum absolute atomic E-state index is 0.340. The molecule has 5 heteroatoms. The number of hydrogen-bond acceptors (Lipinski definition) is 4. The summed E-state index contributed by atoms with van der Waals surface area (Å²) in [6.07, 6.45) is 1.44. The van der Waals surface area contributed by atoms with E-state index in [2.05, 4.69) is 22.2 Å². The Morgan fingerprint density at radius 1 is 1.23 bits per heavy atom. The van der Waals surface area contributed by atoms with Crippen molar-refractivity contribution < 1.29 is 4.79 Å². The molecule has 0 aliphatic heterocycles. The van der Waals surface area contributed by atoms with E-state index in [0.717, 1.165) is 11.4 Å². The van der Waals surface area contributed by atoms with Crippen molar-refractivity contribution in [2.45, 2.75) is 20.8 Å². The smallest absolute Gasteiger partial charge is 0.250 e. The molecule has 0 bridgehead atoms. The maximum Gasteiger partial charge on any atom is 0.250 e. The molecule has 0 aliphatic rings. The summed E-state index contributed by atoms with van der Waals surface area (Å²) in [4.78, 5) is 15.5. The van der Waals surface area contributed by atoms with Crippen LogP contribution in [0.1, 0.15) is 31.1 Å². The molecule has 0 fully saturated rings. The minimum Gasteiger partial charge on any atom is -0.366 e. The summed E-state index contributed by atoms with van der Waals surface area (Å²) < 4.78 is 0. The van der Waals surface area contributed by atoms with Crippen LogP contribution in [-0.4, -0.2) is 10.9 Å². The number of benzene rings is 1. The zero-order valence-electron chi connectivity index (χ0n) is 13.2. The van der Waals surface area contributed by atoms with Gasteiger partial charge in [0.15, 0.2) is 5.82 Å². The maximum atomic E-state index is 11.2. The molecule has 0 radical (unpaired) electrons. The zero-order valence-corrected chi connectivity index (χ0v) is 13.2. The van der Waals surface area contributed by atoms with Crippen molar-refractivity contribution >= 4 is 23.1 Å². The highest BCUT2D eigenvalue weighted by Gasteiger charge is 2.09. The summed E-state index contributed by atoms with van der Waals surface area (Å²) in [5.41, 5.74) is 7.90. The molecule has 1 heterocycles. The highest BCUT2D eigenvalue weighted by Crippen LogP contribution is 2.25. The number of anilines is 3. The number of carbonyl (C=O) groups is 1. The van der Waals surface area contributed by atoms with Crippen LogP contribution in [0.15, 0.2) is 54.9 Å². The molecular formula is C17H22N4O. The third-order valence-electron chi connectivity index (χ3n) is 2.56. The van der Waals surface area contributed by atoms with Gasteiger partial charge in [0.1, 0.15) is 0 Å². The molecule has 1 aromatic heterocycles. The van der Waals surface area contributed by atoms with E-state index in [1.165, 1.54) is 6.20 Å². The Kier molecular flexibility index (Phi) is 6.63. The van der Waals surface area contributed by atoms with E-state index in [1.54, 1.807) is 6.07 Å². The normalized spacial score (nSPS) is 9.23. The Bertz CT molecular complexity index is 638. The monoisotopic (exact) mass is 298 g/mol. The second kappa shape index (κ2) is 8.46. The second-order valence-corrected chi connectivity index (χ2v) is 4.38. The quantitative estimate of drug-likeness (QED) is 0.782. The first kappa shape index (κ1) is 17.2. The molecular weight excluding hydrogens is 276 g/mol. The predicted octanol–water partition coefficient (Wildman–Crippen LogP) is 3.90. The number of nitrogens with one attached hydrogen (secondary N) is 2. The number of nitrogens with zero attached hydrogens (tertiary/aromatic N) is 1. The SMILES string of the molecule is C=C(C)Nc1cc(C(N)=O)cnc1Nc1ccccc1.CC. The predicted molar refractivity (Wildman–Crippen MR) is 92.3 cm³/mol. The fourth-order valence-electron chi connectivity index (χ4n) is 1.68. The van der Waals surface area contributed by atoms with Crippen LogP contribution in [0.25, 0.3) is 0 Å². The molecule has 2 aromatic rings. The first-order chi connectivity index (χ1) is 10.6. The largest absolute Gasteiger partial charge is 0.366 e. The van der Waals surface area contributed by atoms with Gasteiger partial charge >= 0.3 is 0 Å². The van der Waals surface area contributed by atoms with Crippen LogP contribution in [0.2, 0.25) is 0 Å². The fraction of sp³-hybridized carbons (Fsp3) is 0.176. The molecule has 1 amide bonds. The third-order valence-corrected chi connectivity index (χ3v) is 2.56. The first-order valence-corrected chi connectivity index (χ1v) is 7.10. The lowest BCUT2D eigenvalue weighted by atomic mass is 10.2. The van der Waals surface area contributed by atoms with E-state index >= 15 is 0 Å². The molecule has 0 saturated heterocycles. The fourth-order valence-corrected chi connectivity index (χ4v) is 1.68. The summed E-state index contributed by atoms with van der Waals surface area (Å²) in [6, 6.07) is 11.3. The summed E-state index contributed by atoms with van der Waals surface area (Å²) in [5.74, 6) is 0.0812. The van der Waals surface area contributed by atoms with Crippen LogP contribution < -0.4 is 16.4 Å². The van der Waals surface area contributed by atoms with Crippen LogP contribution in [0.5, 0.6) is 0 Å². The Labute approximate surface area is 131 Å². The van der Waals surface area contributed by atoms with Crippen LogP contribution in [0.3, 0.4) is 0 Å². The molecule has 4 N–H and O–H groups in total. The molecule has 5 nitrogen and oxygen atoms in total. The molecule has 22 heavy (non-hydrogen) atoms. The van der Waals surface area contributed by atoms with E-state index in [-0.39, 0.29) is 0 Å². The number of allylic oxidation sites excluding steroid dienone is 1. The number of aromatic nitrogens is 1. The van der Waals surface area contributed by atoms with Crippen molar-refractivity contribution in [3.05, 3.63) is 60.4 Å². The van der Waals surface area contributed by atoms with Crippen LogP contribution in [0.4, 0.5) is 17.2 Å². The van der Waals surface area contributed by atoms with E-state index < -0.39 is 5.91 Å². The van der Waals surface area contributed by atoms with E-state index in [1.807, 2.05) is 51.1 Å². The van der Waals surface area contributed by atoms with Gasteiger partial charge in [-0.3, -0.25) is 4.79 Å². The molecule has 0 aliphatic carbocycles. The lowest BCUT2D eigenvalue weighted by molar-refractivity contribution is 0.1000. The summed E-state index contributed by atoms with van der Waals surface area (Å²) in [6.45, 7) is 9.61. The average Bonchev–Trinajstić information content (AvgIpc) is 2.51. The summed E-state index contributed by atoms with van der Waals surface area (Å²) >= 11 is 0. The van der Waals surface area contributed by atoms with Gasteiger partial charge in [0, 0.05) is 17.6 Å². The van der Waals surface area contributed by atoms with Gasteiger partial charge < -0.3 is 16.4 Å². The lowest BCUT2D eigenvalue weighted by Crippen LogP contribution is -2.12. The molecule has 1 aromatic carbocycles. The summed E-state index contributed by atoms with van der Waals surface area (Å²) in [5, 5.41) is 6.24. The number of amides is 1. The van der Waals surface area contributed by atoms with Crippen LogP contribution in [0, 0.1) is 0 Å². The lowest BCUT2D eigenvalue weighted by Gasteiger charge is -2.13. The van der Waals surface area contributed by atoms with Gasteiger partial charge in [-0.25, -0.2) is 4.98 Å². The molecule has 116 valence electrons. The van der Waals surface area contributed by atoms with Crippen LogP contribution in [-0.2, 0) is 0 Å². The molecule has 0 saturated carbocycles. The van der Waals surface area contributed by atoms with Gasteiger partial charge in [0.25, 0.3) is 0 Å². The Balaban J connectivity index is 0.00000116. The van der Waals surface area contributed by atoms with E-state index in [4.69, 9.17) is 5.73 Å². The second-order valence-electron chi connectivity index (χ2n) is 4.38. The Morgan fingerprint density at radius 2 is 1.86 bits per heavy atom. The number of hydrogen-bond donors (Lipinski definition) is 3. The first-order valence-electron chi connectivity index (χ1n) is 7.10. The van der Waals surface area contributed by atoms with Crippen molar-refractivity contribution in [3.63, 3.8) is 0 Å². The molecule has 2 rings (SSSR count). The van der Waals surface area contributed by atoms with Gasteiger partial charge in [-0.15, -0.1) is 0 Å². The number of para-hydroxylation sites is 1. The zero-order chi connectivity index (χ0) is 16.5. The summed E-state index contributed by atoms with van der Waals surface area (Å²) in [7, 11) is 0. The molecule has 0 unspecified atom stereocenters. The van der Waals surface area contributed by atoms with Gasteiger partial charge in [-0.2, -0.15) is 0 Å². The highest BCUT2D eigenvalue weighted by molar-refractivity contribution is 5.94. The van der Waals surface area contributed by atoms with E-state index in [9.17, 15) is 4.79 Å². The standard InChI is InChI=1S/C15H16N4O.C2H6/c1-10(2)18-13-8-11(14(16)20)9-17-15(13)19-12-6-4-3-5-7-12;1-2/h3-9,18H,1H2,2H3,(H2,16,20)(H,17,19);1-2H3. The number of carbonyl (C=O) groups excluding carboxylic acids is 1. The third kappa shape index (κ3) is 4.94. The number of nitrogens with two attached hydrogens (primary N) is 1. The van der Waals surface area contributed by atoms with Crippen LogP contribution >= 0.6 is 0 Å². The van der Waals surface area contributed by atoms with Crippen molar-refractivity contribution in [1.29, 1.82) is 0 Å². The maximum absolute atomic E-state index is 11.2. The van der Waals surface area contributed by atoms with Gasteiger partial charge in [-0.05, 0) is 25.1 Å². The number of primary amides is 1. The molecule has 0 spiro atoms. The highest BCUT2D eigenvalue weighted by atomic mass is 16.1.